The summed E-state index contributed by atoms with van der Waals surface area (Å²) in [6.07, 6.45) is 2.51. The summed E-state index contributed by atoms with van der Waals surface area (Å²) in [5, 5.41) is 0.949. The maximum Gasteiger partial charge on any atom is 0.410 e. The van der Waals surface area contributed by atoms with E-state index in [9.17, 15) is 9.18 Å². The zero-order valence-corrected chi connectivity index (χ0v) is 15.9. The molecule has 3 rings (SSSR count). The summed E-state index contributed by atoms with van der Waals surface area (Å²) in [6, 6.07) is 4.67. The van der Waals surface area contributed by atoms with Crippen molar-refractivity contribution in [1.82, 2.24) is 9.88 Å². The first-order chi connectivity index (χ1) is 12.2. The molecule has 3 N–H and O–H groups in total. The molecule has 26 heavy (non-hydrogen) atoms. The molecule has 0 spiro atoms. The molecule has 1 fully saturated rings. The van der Waals surface area contributed by atoms with Crippen LogP contribution in [-0.2, 0) is 4.74 Å². The molecule has 3 atom stereocenters. The smallest absolute Gasteiger partial charge is 0.410 e. The minimum atomic E-state index is -0.538. The molecule has 1 aromatic carbocycles. The molecular weight excluding hydrogens is 333 g/mol. The van der Waals surface area contributed by atoms with Crippen LogP contribution >= 0.6 is 0 Å². The van der Waals surface area contributed by atoms with Gasteiger partial charge in [-0.3, -0.25) is 0 Å². The van der Waals surface area contributed by atoms with Crippen LogP contribution in [0.15, 0.2) is 24.4 Å². The van der Waals surface area contributed by atoms with Crippen LogP contribution in [0, 0.1) is 11.7 Å². The number of benzene rings is 1. The summed E-state index contributed by atoms with van der Waals surface area (Å²) in [5.74, 6) is -0.0134. The minimum absolute atomic E-state index is 0.0424. The first kappa shape index (κ1) is 18.7. The summed E-state index contributed by atoms with van der Waals surface area (Å²) in [6.45, 7) is 8.81. The van der Waals surface area contributed by atoms with Crippen molar-refractivity contribution in [2.24, 2.45) is 11.7 Å². The van der Waals surface area contributed by atoms with E-state index in [1.165, 1.54) is 12.1 Å². The Hall–Kier alpha value is -2.08. The Morgan fingerprint density at radius 2 is 2.19 bits per heavy atom. The standard InChI is InChI=1S/C20H28FN3O2/c1-12-7-8-24(19(25)26-20(2,3)4)18(12)15(10-22)16-11-23-17-9-13(21)5-6-14(16)17/h5-6,9,11-12,15,18,23H,7-8,10,22H2,1-4H3. The molecule has 2 heterocycles. The van der Waals surface area contributed by atoms with Crippen LogP contribution in [0.2, 0.25) is 0 Å². The molecule has 0 radical (unpaired) electrons. The second kappa shape index (κ2) is 6.91. The van der Waals surface area contributed by atoms with Gasteiger partial charge in [0.2, 0.25) is 0 Å². The zero-order valence-electron chi connectivity index (χ0n) is 15.9. The Labute approximate surface area is 153 Å². The number of fused-ring (bicyclic) bond motifs is 1. The van der Waals surface area contributed by atoms with Crippen molar-refractivity contribution in [3.05, 3.63) is 35.8 Å². The number of likely N-dealkylation sites (tertiary alicyclic amines) is 1. The normalized spacial score (nSPS) is 22.0. The molecular formula is C20H28FN3O2. The van der Waals surface area contributed by atoms with Crippen molar-refractivity contribution in [3.8, 4) is 0 Å². The van der Waals surface area contributed by atoms with Gasteiger partial charge in [-0.15, -0.1) is 0 Å². The number of hydrogen-bond donors (Lipinski definition) is 2. The molecule has 1 amide bonds. The second-order valence-electron chi connectivity index (χ2n) is 8.21. The highest BCUT2D eigenvalue weighted by molar-refractivity contribution is 5.84. The average molecular weight is 361 g/mol. The first-order valence-corrected chi connectivity index (χ1v) is 9.17. The predicted molar refractivity (Wildman–Crippen MR) is 101 cm³/mol. The molecule has 0 bridgehead atoms. The number of ether oxygens (including phenoxy) is 1. The Bertz CT molecular complexity index is 796. The van der Waals surface area contributed by atoms with Crippen LogP contribution in [0.1, 0.15) is 45.6 Å². The van der Waals surface area contributed by atoms with Gasteiger partial charge < -0.3 is 20.4 Å². The largest absolute Gasteiger partial charge is 0.444 e. The van der Waals surface area contributed by atoms with Crippen LogP contribution < -0.4 is 5.73 Å². The number of rotatable bonds is 3. The molecule has 6 heteroatoms. The summed E-state index contributed by atoms with van der Waals surface area (Å²) in [5.41, 5.74) is 7.38. The summed E-state index contributed by atoms with van der Waals surface area (Å²) in [4.78, 5) is 17.7. The number of nitrogens with one attached hydrogen (secondary N) is 1. The van der Waals surface area contributed by atoms with E-state index < -0.39 is 5.60 Å². The fourth-order valence-electron chi connectivity index (χ4n) is 4.00. The molecule has 3 unspecified atom stereocenters. The fraction of sp³-hybridized carbons (Fsp3) is 0.550. The van der Waals surface area contributed by atoms with E-state index in [-0.39, 0.29) is 23.9 Å². The van der Waals surface area contributed by atoms with E-state index in [1.807, 2.05) is 31.9 Å². The Morgan fingerprint density at radius 3 is 2.85 bits per heavy atom. The predicted octanol–water partition coefficient (Wildman–Crippen LogP) is 3.99. The van der Waals surface area contributed by atoms with Crippen LogP contribution in [0.25, 0.3) is 10.9 Å². The highest BCUT2D eigenvalue weighted by Gasteiger charge is 2.42. The first-order valence-electron chi connectivity index (χ1n) is 9.17. The third-order valence-electron chi connectivity index (χ3n) is 5.14. The van der Waals surface area contributed by atoms with E-state index in [4.69, 9.17) is 10.5 Å². The van der Waals surface area contributed by atoms with Crippen molar-refractivity contribution < 1.29 is 13.9 Å². The summed E-state index contributed by atoms with van der Waals surface area (Å²) < 4.78 is 19.1. The third-order valence-corrected chi connectivity index (χ3v) is 5.14. The third kappa shape index (κ3) is 3.56. The number of hydrogen-bond acceptors (Lipinski definition) is 3. The molecule has 0 aliphatic carbocycles. The molecule has 1 aliphatic heterocycles. The maximum atomic E-state index is 13.5. The zero-order chi connectivity index (χ0) is 19.1. The van der Waals surface area contributed by atoms with E-state index in [0.29, 0.717) is 19.0 Å². The van der Waals surface area contributed by atoms with Gasteiger partial charge in [0.25, 0.3) is 0 Å². The van der Waals surface area contributed by atoms with Crippen molar-refractivity contribution in [3.63, 3.8) is 0 Å². The van der Waals surface area contributed by atoms with Crippen molar-refractivity contribution >= 4 is 17.0 Å². The molecule has 0 saturated carbocycles. The van der Waals surface area contributed by atoms with Gasteiger partial charge in [0.05, 0.1) is 0 Å². The van der Waals surface area contributed by atoms with E-state index in [1.54, 1.807) is 6.07 Å². The maximum absolute atomic E-state index is 13.5. The number of H-pyrrole nitrogens is 1. The van der Waals surface area contributed by atoms with Crippen LogP contribution in [0.5, 0.6) is 0 Å². The molecule has 2 aromatic rings. The van der Waals surface area contributed by atoms with E-state index >= 15 is 0 Å². The topological polar surface area (TPSA) is 71.3 Å². The van der Waals surface area contributed by atoms with Crippen LogP contribution in [0.4, 0.5) is 9.18 Å². The van der Waals surface area contributed by atoms with E-state index in [0.717, 1.165) is 22.9 Å². The number of aromatic nitrogens is 1. The van der Waals surface area contributed by atoms with E-state index in [2.05, 4.69) is 11.9 Å². The molecule has 1 aromatic heterocycles. The van der Waals surface area contributed by atoms with Gasteiger partial charge >= 0.3 is 6.09 Å². The molecule has 1 saturated heterocycles. The number of aromatic amines is 1. The van der Waals surface area contributed by atoms with Crippen molar-refractivity contribution in [1.29, 1.82) is 0 Å². The highest BCUT2D eigenvalue weighted by Crippen LogP contribution is 2.38. The van der Waals surface area contributed by atoms with Crippen LogP contribution in [0.3, 0.4) is 0 Å². The quantitative estimate of drug-likeness (QED) is 0.868. The summed E-state index contributed by atoms with van der Waals surface area (Å²) in [7, 11) is 0. The Kier molecular flexibility index (Phi) is 4.97. The lowest BCUT2D eigenvalue weighted by Crippen LogP contribution is -2.45. The number of carbonyl (C=O) groups is 1. The van der Waals surface area contributed by atoms with Crippen molar-refractivity contribution in [2.45, 2.75) is 51.7 Å². The van der Waals surface area contributed by atoms with Gasteiger partial charge in [-0.05, 0) is 56.9 Å². The van der Waals surface area contributed by atoms with Gasteiger partial charge in [-0.1, -0.05) is 6.92 Å². The molecule has 142 valence electrons. The fourth-order valence-corrected chi connectivity index (χ4v) is 4.00. The molecule has 1 aliphatic rings. The lowest BCUT2D eigenvalue weighted by atomic mass is 9.84. The number of amides is 1. The van der Waals surface area contributed by atoms with Gasteiger partial charge in [-0.25, -0.2) is 9.18 Å². The number of halogens is 1. The van der Waals surface area contributed by atoms with Gasteiger partial charge in [0, 0.05) is 42.1 Å². The number of carbonyl (C=O) groups excluding carboxylic acids is 1. The Balaban J connectivity index is 1.95. The number of nitrogens with two attached hydrogens (primary N) is 1. The van der Waals surface area contributed by atoms with Gasteiger partial charge in [0.1, 0.15) is 11.4 Å². The summed E-state index contributed by atoms with van der Waals surface area (Å²) >= 11 is 0. The highest BCUT2D eigenvalue weighted by atomic mass is 19.1. The second-order valence-corrected chi connectivity index (χ2v) is 8.21. The average Bonchev–Trinajstić information content (AvgIpc) is 3.11. The SMILES string of the molecule is CC1CCN(C(=O)OC(C)(C)C)C1C(CN)c1c[nH]c2cc(F)ccc12. The minimum Gasteiger partial charge on any atom is -0.444 e. The van der Waals surface area contributed by atoms with Gasteiger partial charge in [-0.2, -0.15) is 0 Å². The molecule has 5 nitrogen and oxygen atoms in total. The van der Waals surface area contributed by atoms with Gasteiger partial charge in [0.15, 0.2) is 0 Å². The van der Waals surface area contributed by atoms with Crippen LogP contribution in [-0.4, -0.2) is 40.7 Å². The number of nitrogens with zero attached hydrogens (tertiary/aromatic N) is 1. The Morgan fingerprint density at radius 1 is 1.46 bits per heavy atom. The lowest BCUT2D eigenvalue weighted by molar-refractivity contribution is 0.0188. The van der Waals surface area contributed by atoms with Crippen molar-refractivity contribution in [2.75, 3.05) is 13.1 Å². The lowest BCUT2D eigenvalue weighted by Gasteiger charge is -2.34. The monoisotopic (exact) mass is 361 g/mol.